The molecule has 1 N–H and O–H groups in total. The van der Waals surface area contributed by atoms with Gasteiger partial charge in [0.1, 0.15) is 0 Å². The number of nitrogens with zero attached hydrogens (tertiary/aromatic N) is 2. The Labute approximate surface area is 95.9 Å². The highest BCUT2D eigenvalue weighted by Crippen LogP contribution is 2.05. The second kappa shape index (κ2) is 6.23. The summed E-state index contributed by atoms with van der Waals surface area (Å²) in [6.45, 7) is 3.62. The molecule has 1 aromatic rings. The van der Waals surface area contributed by atoms with E-state index >= 15 is 0 Å². The van der Waals surface area contributed by atoms with Gasteiger partial charge < -0.3 is 10.0 Å². The van der Waals surface area contributed by atoms with Crippen molar-refractivity contribution in [2.45, 2.75) is 26.3 Å². The van der Waals surface area contributed by atoms with E-state index in [4.69, 9.17) is 5.11 Å². The molecule has 0 aliphatic carbocycles. The van der Waals surface area contributed by atoms with Gasteiger partial charge in [-0.15, -0.1) is 0 Å². The standard InChI is InChI=1S/C12H18N2O2/c1-10-6-11(8-13-7-10)9-14(2)5-3-4-12(15)16/h6-8H,3-5,9H2,1-2H3,(H,15,16). The largest absolute Gasteiger partial charge is 0.481 e. The molecular formula is C12H18N2O2. The Kier molecular flexibility index (Phi) is 4.92. The second-order valence-electron chi connectivity index (χ2n) is 4.11. The van der Waals surface area contributed by atoms with Crippen LogP contribution in [0.5, 0.6) is 0 Å². The van der Waals surface area contributed by atoms with E-state index in [1.54, 1.807) is 0 Å². The van der Waals surface area contributed by atoms with Gasteiger partial charge in [0.05, 0.1) is 0 Å². The number of aromatic nitrogens is 1. The molecule has 0 atom stereocenters. The third-order valence-corrected chi connectivity index (χ3v) is 2.31. The molecule has 1 rings (SSSR count). The van der Waals surface area contributed by atoms with Crippen molar-refractivity contribution in [2.75, 3.05) is 13.6 Å². The van der Waals surface area contributed by atoms with Crippen LogP contribution in [0.25, 0.3) is 0 Å². The zero-order chi connectivity index (χ0) is 12.0. The Hall–Kier alpha value is -1.42. The van der Waals surface area contributed by atoms with E-state index in [1.165, 1.54) is 0 Å². The lowest BCUT2D eigenvalue weighted by molar-refractivity contribution is -0.137. The lowest BCUT2D eigenvalue weighted by Gasteiger charge is -2.15. The maximum absolute atomic E-state index is 10.4. The minimum absolute atomic E-state index is 0.233. The summed E-state index contributed by atoms with van der Waals surface area (Å²) in [6, 6.07) is 2.10. The molecule has 16 heavy (non-hydrogen) atoms. The zero-order valence-electron chi connectivity index (χ0n) is 9.81. The normalized spacial score (nSPS) is 10.7. The molecule has 0 aromatic carbocycles. The number of carboxylic acids is 1. The van der Waals surface area contributed by atoms with Gasteiger partial charge in [-0.25, -0.2) is 0 Å². The van der Waals surface area contributed by atoms with Gasteiger partial charge in [-0.3, -0.25) is 9.78 Å². The van der Waals surface area contributed by atoms with Crippen LogP contribution in [0.3, 0.4) is 0 Å². The summed E-state index contributed by atoms with van der Waals surface area (Å²) in [5.74, 6) is -0.731. The van der Waals surface area contributed by atoms with Crippen molar-refractivity contribution in [3.8, 4) is 0 Å². The molecule has 0 spiro atoms. The van der Waals surface area contributed by atoms with Gasteiger partial charge in [-0.2, -0.15) is 0 Å². The van der Waals surface area contributed by atoms with Crippen LogP contribution < -0.4 is 0 Å². The average Bonchev–Trinajstić information content (AvgIpc) is 2.16. The maximum Gasteiger partial charge on any atom is 0.303 e. The number of aryl methyl sites for hydroxylation is 1. The molecule has 0 aliphatic rings. The summed E-state index contributed by atoms with van der Waals surface area (Å²) < 4.78 is 0. The van der Waals surface area contributed by atoms with Gasteiger partial charge in [-0.1, -0.05) is 6.07 Å². The molecule has 0 fully saturated rings. The quantitative estimate of drug-likeness (QED) is 0.795. The van der Waals surface area contributed by atoms with Crippen molar-refractivity contribution in [3.63, 3.8) is 0 Å². The van der Waals surface area contributed by atoms with Gasteiger partial charge in [0.15, 0.2) is 0 Å². The topological polar surface area (TPSA) is 53.4 Å². The predicted molar refractivity (Wildman–Crippen MR) is 62.2 cm³/mol. The summed E-state index contributed by atoms with van der Waals surface area (Å²) in [5.41, 5.74) is 2.31. The Morgan fingerprint density at radius 3 is 2.88 bits per heavy atom. The molecule has 1 aromatic heterocycles. The molecular weight excluding hydrogens is 204 g/mol. The van der Waals surface area contributed by atoms with Gasteiger partial charge in [-0.05, 0) is 38.1 Å². The molecule has 1 heterocycles. The first-order valence-electron chi connectivity index (χ1n) is 5.39. The van der Waals surface area contributed by atoms with Crippen LogP contribution >= 0.6 is 0 Å². The SMILES string of the molecule is Cc1cncc(CN(C)CCCC(=O)O)c1. The minimum atomic E-state index is -0.731. The molecule has 88 valence electrons. The molecule has 0 bridgehead atoms. The van der Waals surface area contributed by atoms with Gasteiger partial charge in [0.25, 0.3) is 0 Å². The van der Waals surface area contributed by atoms with E-state index in [2.05, 4.69) is 16.0 Å². The van der Waals surface area contributed by atoms with Crippen LogP contribution in [-0.4, -0.2) is 34.6 Å². The van der Waals surface area contributed by atoms with Gasteiger partial charge in [0.2, 0.25) is 0 Å². The predicted octanol–water partition coefficient (Wildman–Crippen LogP) is 1.69. The summed E-state index contributed by atoms with van der Waals surface area (Å²) >= 11 is 0. The van der Waals surface area contributed by atoms with Crippen LogP contribution in [0.4, 0.5) is 0 Å². The van der Waals surface area contributed by atoms with Crippen molar-refractivity contribution in [2.24, 2.45) is 0 Å². The number of carbonyl (C=O) groups is 1. The monoisotopic (exact) mass is 222 g/mol. The van der Waals surface area contributed by atoms with Crippen LogP contribution in [0.15, 0.2) is 18.5 Å². The Morgan fingerprint density at radius 1 is 1.50 bits per heavy atom. The van der Waals surface area contributed by atoms with E-state index in [0.717, 1.165) is 24.2 Å². The minimum Gasteiger partial charge on any atom is -0.481 e. The number of aliphatic carboxylic acids is 1. The zero-order valence-corrected chi connectivity index (χ0v) is 9.81. The first kappa shape index (κ1) is 12.6. The summed E-state index contributed by atoms with van der Waals surface area (Å²) in [4.78, 5) is 16.6. The molecule has 0 amide bonds. The first-order chi connectivity index (χ1) is 7.58. The van der Waals surface area contributed by atoms with Crippen LogP contribution in [0.1, 0.15) is 24.0 Å². The molecule has 0 saturated heterocycles. The van der Waals surface area contributed by atoms with Gasteiger partial charge >= 0.3 is 5.97 Å². The maximum atomic E-state index is 10.4. The number of pyridine rings is 1. The summed E-state index contributed by atoms with van der Waals surface area (Å²) in [5, 5.41) is 8.52. The first-order valence-corrected chi connectivity index (χ1v) is 5.39. The third-order valence-electron chi connectivity index (χ3n) is 2.31. The van der Waals surface area contributed by atoms with E-state index in [0.29, 0.717) is 6.42 Å². The van der Waals surface area contributed by atoms with Crippen LogP contribution in [0, 0.1) is 6.92 Å². The molecule has 0 unspecified atom stereocenters. The van der Waals surface area contributed by atoms with E-state index in [-0.39, 0.29) is 6.42 Å². The number of hydrogen-bond acceptors (Lipinski definition) is 3. The van der Waals surface area contributed by atoms with Gasteiger partial charge in [0, 0.05) is 25.4 Å². The Balaban J connectivity index is 2.33. The summed E-state index contributed by atoms with van der Waals surface area (Å²) in [6.07, 6.45) is 4.59. The van der Waals surface area contributed by atoms with Crippen molar-refractivity contribution in [3.05, 3.63) is 29.6 Å². The lowest BCUT2D eigenvalue weighted by Crippen LogP contribution is -2.19. The molecule has 4 nitrogen and oxygen atoms in total. The highest BCUT2D eigenvalue weighted by molar-refractivity contribution is 5.66. The van der Waals surface area contributed by atoms with E-state index < -0.39 is 5.97 Å². The molecule has 0 radical (unpaired) electrons. The van der Waals surface area contributed by atoms with Crippen LogP contribution in [0.2, 0.25) is 0 Å². The fraction of sp³-hybridized carbons (Fsp3) is 0.500. The van der Waals surface area contributed by atoms with E-state index in [9.17, 15) is 4.79 Å². The van der Waals surface area contributed by atoms with Crippen molar-refractivity contribution in [1.82, 2.24) is 9.88 Å². The van der Waals surface area contributed by atoms with Crippen molar-refractivity contribution in [1.29, 1.82) is 0 Å². The number of rotatable bonds is 6. The Bertz CT molecular complexity index is 353. The lowest BCUT2D eigenvalue weighted by atomic mass is 10.2. The highest BCUT2D eigenvalue weighted by atomic mass is 16.4. The van der Waals surface area contributed by atoms with E-state index in [1.807, 2.05) is 26.4 Å². The van der Waals surface area contributed by atoms with Crippen molar-refractivity contribution < 1.29 is 9.90 Å². The average molecular weight is 222 g/mol. The third kappa shape index (κ3) is 4.89. The highest BCUT2D eigenvalue weighted by Gasteiger charge is 2.02. The second-order valence-corrected chi connectivity index (χ2v) is 4.11. The molecule has 4 heteroatoms. The summed E-state index contributed by atoms with van der Waals surface area (Å²) in [7, 11) is 1.99. The fourth-order valence-corrected chi connectivity index (χ4v) is 1.59. The van der Waals surface area contributed by atoms with Crippen LogP contribution in [-0.2, 0) is 11.3 Å². The smallest absolute Gasteiger partial charge is 0.303 e. The number of hydrogen-bond donors (Lipinski definition) is 1. The number of carboxylic acid groups (broad SMARTS) is 1. The van der Waals surface area contributed by atoms with Crippen molar-refractivity contribution >= 4 is 5.97 Å². The molecule has 0 aliphatic heterocycles. The molecule has 0 saturated carbocycles. The Morgan fingerprint density at radius 2 is 2.25 bits per heavy atom. The fourth-order valence-electron chi connectivity index (χ4n) is 1.59.